The first-order valence-corrected chi connectivity index (χ1v) is 5.23. The van der Waals surface area contributed by atoms with Crippen molar-refractivity contribution < 1.29 is 14.3 Å². The molecule has 0 aliphatic heterocycles. The van der Waals surface area contributed by atoms with Crippen LogP contribution in [0, 0.1) is 5.92 Å². The zero-order valence-corrected chi connectivity index (χ0v) is 10.4. The number of carbonyl (C=O) groups excluding carboxylic acids is 1. The van der Waals surface area contributed by atoms with Gasteiger partial charge in [-0.2, -0.15) is 0 Å². The topological polar surface area (TPSA) is 35.5 Å². The molecule has 0 aromatic heterocycles. The van der Waals surface area contributed by atoms with E-state index in [1.54, 1.807) is 20.3 Å². The second kappa shape index (κ2) is 8.92. The van der Waals surface area contributed by atoms with E-state index in [0.717, 1.165) is 0 Å². The minimum absolute atomic E-state index is 0.0115. The molecule has 0 atom stereocenters. The van der Waals surface area contributed by atoms with Crippen molar-refractivity contribution in [2.45, 2.75) is 13.8 Å². The van der Waals surface area contributed by atoms with Gasteiger partial charge in [-0.25, -0.2) is 0 Å². The quantitative estimate of drug-likeness (QED) is 0.378. The Balaban J connectivity index is 4.34. The number of methoxy groups -OCH3 is 2. The normalized spacial score (nSPS) is 12.9. The lowest BCUT2D eigenvalue weighted by molar-refractivity contribution is -0.117. The third-order valence-electron chi connectivity index (χ3n) is 1.86. The van der Waals surface area contributed by atoms with E-state index in [2.05, 4.69) is 0 Å². The highest BCUT2D eigenvalue weighted by atomic mass is 16.5. The van der Waals surface area contributed by atoms with E-state index >= 15 is 0 Å². The molecule has 0 bridgehead atoms. The Morgan fingerprint density at radius 3 is 2.44 bits per heavy atom. The van der Waals surface area contributed by atoms with Gasteiger partial charge < -0.3 is 9.47 Å². The third-order valence-corrected chi connectivity index (χ3v) is 1.86. The van der Waals surface area contributed by atoms with Crippen LogP contribution < -0.4 is 0 Å². The molecule has 0 radical (unpaired) electrons. The highest BCUT2D eigenvalue weighted by Gasteiger charge is 2.04. The summed E-state index contributed by atoms with van der Waals surface area (Å²) in [5, 5.41) is 0. The SMILES string of the molecule is COC/C=C/C=C/C(=C/C(=O)C(C)C)OC. The Morgan fingerprint density at radius 1 is 1.25 bits per heavy atom. The summed E-state index contributed by atoms with van der Waals surface area (Å²) in [6.45, 7) is 4.28. The van der Waals surface area contributed by atoms with Crippen LogP contribution in [-0.2, 0) is 14.3 Å². The van der Waals surface area contributed by atoms with Gasteiger partial charge in [0.25, 0.3) is 0 Å². The van der Waals surface area contributed by atoms with Crippen LogP contribution in [0.1, 0.15) is 13.8 Å². The predicted molar refractivity (Wildman–Crippen MR) is 65.1 cm³/mol. The summed E-state index contributed by atoms with van der Waals surface area (Å²) in [6, 6.07) is 0. The van der Waals surface area contributed by atoms with E-state index in [1.165, 1.54) is 6.08 Å². The molecule has 0 saturated carbocycles. The van der Waals surface area contributed by atoms with Gasteiger partial charge in [0.15, 0.2) is 5.78 Å². The molecular weight excluding hydrogens is 204 g/mol. The number of carbonyl (C=O) groups is 1. The Bertz CT molecular complexity index is 286. The Kier molecular flexibility index (Phi) is 8.17. The van der Waals surface area contributed by atoms with Crippen molar-refractivity contribution in [2.24, 2.45) is 5.92 Å². The fraction of sp³-hybridized carbons (Fsp3) is 0.462. The second-order valence-electron chi connectivity index (χ2n) is 3.55. The van der Waals surface area contributed by atoms with E-state index in [4.69, 9.17) is 9.47 Å². The van der Waals surface area contributed by atoms with E-state index in [9.17, 15) is 4.79 Å². The first-order valence-electron chi connectivity index (χ1n) is 5.23. The Labute approximate surface area is 97.4 Å². The average molecular weight is 224 g/mol. The van der Waals surface area contributed by atoms with Crippen LogP contribution in [0.25, 0.3) is 0 Å². The van der Waals surface area contributed by atoms with Gasteiger partial charge in [-0.1, -0.05) is 32.1 Å². The number of allylic oxidation sites excluding steroid dienone is 4. The monoisotopic (exact) mass is 224 g/mol. The highest BCUT2D eigenvalue weighted by Crippen LogP contribution is 2.03. The Morgan fingerprint density at radius 2 is 1.94 bits per heavy atom. The molecule has 0 aliphatic rings. The number of rotatable bonds is 7. The first kappa shape index (κ1) is 14.6. The van der Waals surface area contributed by atoms with Gasteiger partial charge in [0, 0.05) is 19.1 Å². The molecule has 0 aromatic rings. The molecule has 3 nitrogen and oxygen atoms in total. The van der Waals surface area contributed by atoms with Crippen LogP contribution in [0.2, 0.25) is 0 Å². The fourth-order valence-corrected chi connectivity index (χ4v) is 0.863. The molecule has 3 heteroatoms. The maximum absolute atomic E-state index is 11.4. The van der Waals surface area contributed by atoms with Gasteiger partial charge in [0.1, 0.15) is 5.76 Å². The standard InChI is InChI=1S/C13H20O3/c1-11(2)13(14)10-12(16-4)8-6-5-7-9-15-3/h5-8,10-11H,9H2,1-4H3/b7-5+,8-6+,12-10-. The summed E-state index contributed by atoms with van der Waals surface area (Å²) in [5.74, 6) is 0.603. The van der Waals surface area contributed by atoms with Gasteiger partial charge >= 0.3 is 0 Å². The van der Waals surface area contributed by atoms with Crippen molar-refractivity contribution in [1.82, 2.24) is 0 Å². The smallest absolute Gasteiger partial charge is 0.161 e. The van der Waals surface area contributed by atoms with Gasteiger partial charge in [-0.3, -0.25) is 4.79 Å². The predicted octanol–water partition coefficient (Wildman–Crippen LogP) is 2.50. The summed E-state index contributed by atoms with van der Waals surface area (Å²) in [4.78, 5) is 11.4. The zero-order chi connectivity index (χ0) is 12.4. The fourth-order valence-electron chi connectivity index (χ4n) is 0.863. The number of ketones is 1. The van der Waals surface area contributed by atoms with Crippen LogP contribution in [0.3, 0.4) is 0 Å². The summed E-state index contributed by atoms with van der Waals surface area (Å²) < 4.78 is 9.92. The van der Waals surface area contributed by atoms with Crippen LogP contribution in [0.5, 0.6) is 0 Å². The number of hydrogen-bond acceptors (Lipinski definition) is 3. The lowest BCUT2D eigenvalue weighted by Crippen LogP contribution is -2.04. The maximum Gasteiger partial charge on any atom is 0.161 e. The van der Waals surface area contributed by atoms with E-state index in [1.807, 2.05) is 32.1 Å². The number of hydrogen-bond donors (Lipinski definition) is 0. The van der Waals surface area contributed by atoms with Crippen LogP contribution in [0.4, 0.5) is 0 Å². The van der Waals surface area contributed by atoms with Gasteiger partial charge in [-0.15, -0.1) is 0 Å². The van der Waals surface area contributed by atoms with Gasteiger partial charge in [0.2, 0.25) is 0 Å². The molecule has 0 fully saturated rings. The maximum atomic E-state index is 11.4. The van der Waals surface area contributed by atoms with Gasteiger partial charge in [0.05, 0.1) is 13.7 Å². The van der Waals surface area contributed by atoms with Crippen molar-refractivity contribution in [2.75, 3.05) is 20.8 Å². The summed E-state index contributed by atoms with van der Waals surface area (Å²) in [6.07, 6.45) is 8.77. The largest absolute Gasteiger partial charge is 0.497 e. The molecule has 0 amide bonds. The molecule has 16 heavy (non-hydrogen) atoms. The molecule has 90 valence electrons. The lowest BCUT2D eigenvalue weighted by atomic mass is 10.1. The van der Waals surface area contributed by atoms with E-state index in [-0.39, 0.29) is 11.7 Å². The molecule has 0 saturated heterocycles. The minimum atomic E-state index is -0.0115. The molecular formula is C13H20O3. The lowest BCUT2D eigenvalue weighted by Gasteiger charge is -2.01. The van der Waals surface area contributed by atoms with E-state index < -0.39 is 0 Å². The van der Waals surface area contributed by atoms with Crippen LogP contribution in [0.15, 0.2) is 36.1 Å². The molecule has 0 N–H and O–H groups in total. The summed E-state index contributed by atoms with van der Waals surface area (Å²) in [7, 11) is 3.18. The van der Waals surface area contributed by atoms with Gasteiger partial charge in [-0.05, 0) is 6.08 Å². The third kappa shape index (κ3) is 7.01. The highest BCUT2D eigenvalue weighted by molar-refractivity contribution is 5.91. The zero-order valence-electron chi connectivity index (χ0n) is 10.4. The van der Waals surface area contributed by atoms with Crippen molar-refractivity contribution in [3.63, 3.8) is 0 Å². The van der Waals surface area contributed by atoms with Crippen molar-refractivity contribution in [3.05, 3.63) is 36.1 Å². The molecule has 0 heterocycles. The first-order chi connectivity index (χ1) is 7.61. The molecule has 0 rings (SSSR count). The average Bonchev–Trinajstić information content (AvgIpc) is 2.26. The molecule has 0 unspecified atom stereocenters. The molecule has 0 spiro atoms. The van der Waals surface area contributed by atoms with Crippen molar-refractivity contribution in [3.8, 4) is 0 Å². The number of ether oxygens (including phenoxy) is 2. The van der Waals surface area contributed by atoms with Crippen LogP contribution in [-0.4, -0.2) is 26.6 Å². The van der Waals surface area contributed by atoms with E-state index in [0.29, 0.717) is 12.4 Å². The minimum Gasteiger partial charge on any atom is -0.497 e. The Hall–Kier alpha value is -1.35. The molecule has 0 aromatic carbocycles. The van der Waals surface area contributed by atoms with Crippen molar-refractivity contribution >= 4 is 5.78 Å². The van der Waals surface area contributed by atoms with Crippen molar-refractivity contribution in [1.29, 1.82) is 0 Å². The van der Waals surface area contributed by atoms with Crippen LogP contribution >= 0.6 is 0 Å². The summed E-state index contributed by atoms with van der Waals surface area (Å²) in [5.41, 5.74) is 0. The molecule has 0 aliphatic carbocycles. The summed E-state index contributed by atoms with van der Waals surface area (Å²) >= 11 is 0. The second-order valence-corrected chi connectivity index (χ2v) is 3.55.